The van der Waals surface area contributed by atoms with Gasteiger partial charge in [-0.1, -0.05) is 0 Å². The third kappa shape index (κ3) is 8.56. The summed E-state index contributed by atoms with van der Waals surface area (Å²) in [7, 11) is -2.97. The van der Waals surface area contributed by atoms with E-state index in [0.29, 0.717) is 6.54 Å². The number of nitrogens with one attached hydrogen (secondary N) is 3. The van der Waals surface area contributed by atoms with Gasteiger partial charge in [-0.3, -0.25) is 29.4 Å². The zero-order valence-corrected chi connectivity index (χ0v) is 16.0. The zero-order chi connectivity index (χ0) is 22.4. The van der Waals surface area contributed by atoms with Crippen molar-refractivity contribution in [3.8, 4) is 5.75 Å². The Morgan fingerprint density at radius 3 is 2.38 bits per heavy atom. The van der Waals surface area contributed by atoms with Gasteiger partial charge >= 0.3 is 16.4 Å². The lowest BCUT2D eigenvalue weighted by Crippen LogP contribution is -2.32. The second-order valence-electron chi connectivity index (χ2n) is 5.89. The first-order chi connectivity index (χ1) is 13.3. The van der Waals surface area contributed by atoms with Crippen molar-refractivity contribution in [2.75, 3.05) is 13.6 Å². The first kappa shape index (κ1) is 23.8. The van der Waals surface area contributed by atoms with Gasteiger partial charge in [-0.05, 0) is 23.8 Å². The number of carboxylic acid groups (broad SMARTS) is 1. The number of likely N-dealkylation sites (N-methyl/N-ethyl adjacent to an activating group) is 1. The van der Waals surface area contributed by atoms with E-state index in [2.05, 4.69) is 10.3 Å². The molecule has 0 spiro atoms. The molecule has 0 saturated carbocycles. The number of nitrogens with zero attached hydrogens (tertiary/aromatic N) is 1. The molecule has 29 heavy (non-hydrogen) atoms. The second kappa shape index (κ2) is 9.83. The fourth-order valence-corrected chi connectivity index (χ4v) is 2.22. The monoisotopic (exact) mass is 431 g/mol. The summed E-state index contributed by atoms with van der Waals surface area (Å²) in [5, 5.41) is 28.2. The van der Waals surface area contributed by atoms with Gasteiger partial charge in [0.25, 0.3) is 0 Å². The number of hydrogen-bond acceptors (Lipinski definition) is 7. The highest BCUT2D eigenvalue weighted by molar-refractivity contribution is 7.79. The van der Waals surface area contributed by atoms with Crippen molar-refractivity contribution in [3.05, 3.63) is 30.0 Å². The standard InChI is InChI=1S/C11H12N2O3.C4H7N3O.H2O4S/c12-9(11(15)16)3-6-5-13-10-2-1-7(14)4-8(6)10;1-7-2-3(8)6-4(7)5;1-5(2,3)4/h1-2,4-5,9,13-14H,3,12H2,(H,15,16);2H2,1H3,(H2,5,6,8);(H2,1,2,3,4). The van der Waals surface area contributed by atoms with Gasteiger partial charge in [-0.2, -0.15) is 8.42 Å². The van der Waals surface area contributed by atoms with E-state index in [0.717, 1.165) is 16.5 Å². The second-order valence-corrected chi connectivity index (χ2v) is 6.79. The topological polar surface area (TPSA) is 230 Å². The Balaban J connectivity index is 0.000000269. The largest absolute Gasteiger partial charge is 0.508 e. The molecular formula is C15H21N5O8S. The maximum Gasteiger partial charge on any atom is 0.394 e. The predicted octanol–water partition coefficient (Wildman–Crippen LogP) is -0.842. The van der Waals surface area contributed by atoms with Crippen molar-refractivity contribution in [2.45, 2.75) is 12.5 Å². The molecule has 2 aromatic rings. The molecule has 1 unspecified atom stereocenters. The first-order valence-corrected chi connectivity index (χ1v) is 9.24. The van der Waals surface area contributed by atoms with Gasteiger partial charge in [-0.15, -0.1) is 0 Å². The number of aliphatic carboxylic acids is 1. The Morgan fingerprint density at radius 2 is 1.97 bits per heavy atom. The highest BCUT2D eigenvalue weighted by Crippen LogP contribution is 2.23. The normalized spacial score (nSPS) is 14.4. The van der Waals surface area contributed by atoms with Gasteiger partial charge in [0.05, 0.1) is 6.54 Å². The van der Waals surface area contributed by atoms with Crippen LogP contribution in [0.25, 0.3) is 10.9 Å². The Morgan fingerprint density at radius 1 is 1.38 bits per heavy atom. The van der Waals surface area contributed by atoms with Crippen LogP contribution in [-0.2, 0) is 26.4 Å². The van der Waals surface area contributed by atoms with Crippen LogP contribution < -0.4 is 11.1 Å². The lowest BCUT2D eigenvalue weighted by atomic mass is 10.1. The minimum absolute atomic E-state index is 0.0995. The number of guanidine groups is 1. The van der Waals surface area contributed by atoms with Crippen LogP contribution in [0, 0.1) is 5.41 Å². The molecule has 1 aromatic heterocycles. The minimum atomic E-state index is -4.67. The molecule has 1 amide bonds. The van der Waals surface area contributed by atoms with Crippen LogP contribution in [0.1, 0.15) is 5.56 Å². The van der Waals surface area contributed by atoms with Gasteiger partial charge in [-0.25, -0.2) is 0 Å². The van der Waals surface area contributed by atoms with Crippen LogP contribution in [0.3, 0.4) is 0 Å². The number of fused-ring (bicyclic) bond motifs is 1. The van der Waals surface area contributed by atoms with Crippen LogP contribution in [0.2, 0.25) is 0 Å². The lowest BCUT2D eigenvalue weighted by Gasteiger charge is -2.04. The van der Waals surface area contributed by atoms with Gasteiger partial charge in [0.15, 0.2) is 5.96 Å². The van der Waals surface area contributed by atoms with Gasteiger partial charge < -0.3 is 25.8 Å². The molecule has 160 valence electrons. The van der Waals surface area contributed by atoms with Crippen LogP contribution in [0.15, 0.2) is 24.4 Å². The summed E-state index contributed by atoms with van der Waals surface area (Å²) in [6.45, 7) is 0.318. The van der Waals surface area contributed by atoms with E-state index in [-0.39, 0.29) is 24.0 Å². The Kier molecular flexibility index (Phi) is 8.08. The van der Waals surface area contributed by atoms with Crippen molar-refractivity contribution in [2.24, 2.45) is 5.73 Å². The summed E-state index contributed by atoms with van der Waals surface area (Å²) in [6, 6.07) is 3.97. The first-order valence-electron chi connectivity index (χ1n) is 7.84. The molecule has 1 aliphatic rings. The average molecular weight is 431 g/mol. The van der Waals surface area contributed by atoms with E-state index >= 15 is 0 Å². The molecule has 2 heterocycles. The fraction of sp³-hybridized carbons (Fsp3) is 0.267. The number of nitrogens with two attached hydrogens (primary N) is 1. The molecule has 0 aliphatic carbocycles. The number of phenolic OH excluding ortho intramolecular Hbond substituents is 1. The predicted molar refractivity (Wildman–Crippen MR) is 102 cm³/mol. The van der Waals surface area contributed by atoms with Crippen molar-refractivity contribution >= 4 is 39.1 Å². The van der Waals surface area contributed by atoms with E-state index in [9.17, 15) is 14.7 Å². The number of hydrogen-bond donors (Lipinski definition) is 8. The summed E-state index contributed by atoms with van der Waals surface area (Å²) < 4.78 is 31.6. The maximum atomic E-state index is 10.6. The van der Waals surface area contributed by atoms with Gasteiger partial charge in [0.1, 0.15) is 11.8 Å². The maximum absolute atomic E-state index is 10.6. The van der Waals surface area contributed by atoms with Crippen LogP contribution >= 0.6 is 0 Å². The number of amides is 1. The van der Waals surface area contributed by atoms with Crippen LogP contribution in [0.5, 0.6) is 5.75 Å². The van der Waals surface area contributed by atoms with E-state index in [1.54, 1.807) is 36.3 Å². The van der Waals surface area contributed by atoms with Gasteiger partial charge in [0, 0.05) is 30.6 Å². The third-order valence-corrected chi connectivity index (χ3v) is 3.53. The summed E-state index contributed by atoms with van der Waals surface area (Å²) in [4.78, 5) is 25.6. The number of H-pyrrole nitrogens is 1. The molecule has 9 N–H and O–H groups in total. The molecule has 1 aliphatic heterocycles. The van der Waals surface area contributed by atoms with E-state index in [1.165, 1.54) is 0 Å². The zero-order valence-electron chi connectivity index (χ0n) is 15.2. The van der Waals surface area contributed by atoms with Crippen molar-refractivity contribution in [1.29, 1.82) is 5.41 Å². The van der Waals surface area contributed by atoms with Gasteiger partial charge in [0.2, 0.25) is 5.91 Å². The van der Waals surface area contributed by atoms with E-state index < -0.39 is 22.4 Å². The number of carboxylic acids is 1. The number of rotatable bonds is 3. The molecule has 1 atom stereocenters. The lowest BCUT2D eigenvalue weighted by molar-refractivity contribution is -0.138. The highest BCUT2D eigenvalue weighted by atomic mass is 32.3. The summed E-state index contributed by atoms with van der Waals surface area (Å²) in [6.07, 6.45) is 1.95. The summed E-state index contributed by atoms with van der Waals surface area (Å²) in [5.41, 5.74) is 7.11. The average Bonchev–Trinajstić information content (AvgIpc) is 3.08. The minimum Gasteiger partial charge on any atom is -0.508 e. The number of phenols is 1. The Bertz CT molecular complexity index is 995. The summed E-state index contributed by atoms with van der Waals surface area (Å²) >= 11 is 0. The number of aromatic nitrogens is 1. The van der Waals surface area contributed by atoms with Crippen molar-refractivity contribution < 1.29 is 37.3 Å². The van der Waals surface area contributed by atoms with E-state index in [1.807, 2.05) is 0 Å². The molecule has 1 fully saturated rings. The SMILES string of the molecule is CN1CC(=O)NC1=N.NC(Cc1c[nH]c2ccc(O)cc12)C(=O)O.O=S(=O)(O)O. The molecule has 14 heteroatoms. The van der Waals surface area contributed by atoms with Crippen LogP contribution in [0.4, 0.5) is 0 Å². The quantitative estimate of drug-likeness (QED) is 0.281. The fourth-order valence-electron chi connectivity index (χ4n) is 2.22. The van der Waals surface area contributed by atoms with Crippen LogP contribution in [-0.4, -0.2) is 75.1 Å². The molecule has 0 radical (unpaired) electrons. The number of carbonyl (C=O) groups is 2. The van der Waals surface area contributed by atoms with E-state index in [4.69, 9.17) is 33.8 Å². The third-order valence-electron chi connectivity index (χ3n) is 3.53. The van der Waals surface area contributed by atoms with Crippen molar-refractivity contribution in [1.82, 2.24) is 15.2 Å². The molecule has 3 rings (SSSR count). The number of benzene rings is 1. The Labute approximate surface area is 165 Å². The molecule has 1 aromatic carbocycles. The number of carbonyl (C=O) groups excluding carboxylic acids is 1. The number of aromatic hydroxyl groups is 1. The Hall–Kier alpha value is -3.20. The molecule has 1 saturated heterocycles. The smallest absolute Gasteiger partial charge is 0.394 e. The highest BCUT2D eigenvalue weighted by Gasteiger charge is 2.18. The molecule has 13 nitrogen and oxygen atoms in total. The summed E-state index contributed by atoms with van der Waals surface area (Å²) in [5.74, 6) is -0.792. The number of aromatic amines is 1. The van der Waals surface area contributed by atoms with Crippen molar-refractivity contribution in [3.63, 3.8) is 0 Å². The molecular weight excluding hydrogens is 410 g/mol. The molecule has 0 bridgehead atoms.